The van der Waals surface area contributed by atoms with Crippen molar-refractivity contribution in [2.45, 2.75) is 13.5 Å². The minimum absolute atomic E-state index is 0.372. The minimum atomic E-state index is 0.372. The Balaban J connectivity index is 1.89. The molecule has 21 heavy (non-hydrogen) atoms. The number of thiophene rings is 1. The fraction of sp³-hybridized carbons (Fsp3) is 0.133. The fourth-order valence-corrected chi connectivity index (χ4v) is 4.19. The zero-order valence-corrected chi connectivity index (χ0v) is 14.2. The molecule has 0 radical (unpaired) electrons. The molecule has 0 saturated heterocycles. The summed E-state index contributed by atoms with van der Waals surface area (Å²) < 4.78 is 1.18. The molecule has 6 heteroatoms. The van der Waals surface area contributed by atoms with Crippen LogP contribution >= 0.6 is 46.1 Å². The number of nitrogens with one attached hydrogen (secondary N) is 1. The van der Waals surface area contributed by atoms with E-state index in [0.717, 1.165) is 26.5 Å². The van der Waals surface area contributed by atoms with Gasteiger partial charge in [0.05, 0.1) is 17.3 Å². The van der Waals surface area contributed by atoms with Gasteiger partial charge >= 0.3 is 0 Å². The minimum Gasteiger partial charge on any atom is -0.377 e. The second-order valence-corrected chi connectivity index (χ2v) is 6.88. The van der Waals surface area contributed by atoms with Crippen LogP contribution in [-0.4, -0.2) is 4.98 Å². The van der Waals surface area contributed by atoms with Gasteiger partial charge in [-0.2, -0.15) is 0 Å². The Morgan fingerprint density at radius 1 is 1.19 bits per heavy atom. The molecule has 0 aliphatic heterocycles. The predicted molar refractivity (Wildman–Crippen MR) is 93.2 cm³/mol. The van der Waals surface area contributed by atoms with Crippen LogP contribution in [0.15, 0.2) is 30.3 Å². The highest BCUT2D eigenvalue weighted by molar-refractivity contribution is 7.19. The van der Waals surface area contributed by atoms with Crippen molar-refractivity contribution in [3.63, 3.8) is 0 Å². The average Bonchev–Trinajstić information content (AvgIpc) is 2.75. The second kappa shape index (κ2) is 6.01. The van der Waals surface area contributed by atoms with Crippen LogP contribution in [0.25, 0.3) is 10.1 Å². The van der Waals surface area contributed by atoms with Crippen LogP contribution in [0.2, 0.25) is 15.3 Å². The van der Waals surface area contributed by atoms with Crippen molar-refractivity contribution in [3.8, 4) is 0 Å². The molecule has 2 aromatic heterocycles. The summed E-state index contributed by atoms with van der Waals surface area (Å²) in [6.45, 7) is 2.54. The predicted octanol–water partition coefficient (Wildman–Crippen LogP) is 6.18. The number of benzene rings is 1. The number of anilines is 1. The second-order valence-electron chi connectivity index (χ2n) is 4.62. The van der Waals surface area contributed by atoms with Gasteiger partial charge in [-0.3, -0.25) is 0 Å². The van der Waals surface area contributed by atoms with E-state index in [4.69, 9.17) is 34.8 Å². The molecule has 1 aromatic carbocycles. The van der Waals surface area contributed by atoms with Crippen molar-refractivity contribution in [1.29, 1.82) is 0 Å². The van der Waals surface area contributed by atoms with E-state index in [0.29, 0.717) is 16.9 Å². The molecule has 0 aliphatic rings. The van der Waals surface area contributed by atoms with Gasteiger partial charge in [0.15, 0.2) is 5.15 Å². The molecule has 3 aromatic rings. The van der Waals surface area contributed by atoms with Gasteiger partial charge in [-0.1, -0.05) is 53.0 Å². The molecule has 0 bridgehead atoms. The fourth-order valence-electron chi connectivity index (χ4n) is 2.15. The normalized spacial score (nSPS) is 11.0. The standard InChI is InChI=1S/C15H11Cl3N2S/c1-8-6-12(16)20-15(18)14(8)19-7-11-13(17)9-4-2-3-5-10(9)21-11/h2-6,19H,7H2,1H3. The van der Waals surface area contributed by atoms with Crippen LogP contribution in [-0.2, 0) is 6.54 Å². The Morgan fingerprint density at radius 3 is 2.67 bits per heavy atom. The maximum absolute atomic E-state index is 6.43. The van der Waals surface area contributed by atoms with Gasteiger partial charge < -0.3 is 5.32 Å². The number of aromatic nitrogens is 1. The SMILES string of the molecule is Cc1cc(Cl)nc(Cl)c1NCc1sc2ccccc2c1Cl. The summed E-state index contributed by atoms with van der Waals surface area (Å²) in [6, 6.07) is 9.87. The number of halogens is 3. The van der Waals surface area contributed by atoms with Gasteiger partial charge in [0, 0.05) is 15.0 Å². The number of aryl methyl sites for hydroxylation is 1. The maximum Gasteiger partial charge on any atom is 0.154 e. The first-order chi connectivity index (χ1) is 10.1. The van der Waals surface area contributed by atoms with E-state index in [-0.39, 0.29) is 0 Å². The van der Waals surface area contributed by atoms with Gasteiger partial charge in [-0.25, -0.2) is 4.98 Å². The van der Waals surface area contributed by atoms with Gasteiger partial charge in [-0.05, 0) is 24.6 Å². The van der Waals surface area contributed by atoms with Crippen LogP contribution < -0.4 is 5.32 Å². The molecule has 0 spiro atoms. The van der Waals surface area contributed by atoms with Crippen LogP contribution in [0.3, 0.4) is 0 Å². The maximum atomic E-state index is 6.43. The van der Waals surface area contributed by atoms with Crippen LogP contribution in [0, 0.1) is 6.92 Å². The number of fused-ring (bicyclic) bond motifs is 1. The van der Waals surface area contributed by atoms with E-state index >= 15 is 0 Å². The first-order valence-electron chi connectivity index (χ1n) is 6.28. The van der Waals surface area contributed by atoms with Crippen molar-refractivity contribution >= 4 is 61.9 Å². The zero-order valence-electron chi connectivity index (χ0n) is 11.1. The Morgan fingerprint density at radius 2 is 1.95 bits per heavy atom. The highest BCUT2D eigenvalue weighted by atomic mass is 35.5. The van der Waals surface area contributed by atoms with E-state index in [1.807, 2.05) is 25.1 Å². The molecular weight excluding hydrogens is 347 g/mol. The van der Waals surface area contributed by atoms with E-state index in [2.05, 4.69) is 16.4 Å². The Labute approximate surface area is 141 Å². The summed E-state index contributed by atoms with van der Waals surface area (Å²) in [5.41, 5.74) is 1.74. The number of pyridine rings is 1. The molecule has 0 atom stereocenters. The average molecular weight is 358 g/mol. The molecule has 108 valence electrons. The third-order valence-corrected chi connectivity index (χ3v) is 5.35. The number of rotatable bonds is 3. The molecule has 0 fully saturated rings. The summed E-state index contributed by atoms with van der Waals surface area (Å²) in [5.74, 6) is 0. The topological polar surface area (TPSA) is 24.9 Å². The van der Waals surface area contributed by atoms with Crippen LogP contribution in [0.1, 0.15) is 10.4 Å². The van der Waals surface area contributed by atoms with E-state index < -0.39 is 0 Å². The smallest absolute Gasteiger partial charge is 0.154 e. The lowest BCUT2D eigenvalue weighted by molar-refractivity contribution is 1.16. The van der Waals surface area contributed by atoms with Gasteiger partial charge in [0.2, 0.25) is 0 Å². The first-order valence-corrected chi connectivity index (χ1v) is 8.23. The van der Waals surface area contributed by atoms with Crippen molar-refractivity contribution in [2.75, 3.05) is 5.32 Å². The van der Waals surface area contributed by atoms with E-state index in [9.17, 15) is 0 Å². The molecule has 2 heterocycles. The number of nitrogens with zero attached hydrogens (tertiary/aromatic N) is 1. The first kappa shape index (κ1) is 14.9. The summed E-state index contributed by atoms with van der Waals surface area (Å²) in [7, 11) is 0. The van der Waals surface area contributed by atoms with Crippen molar-refractivity contribution in [2.24, 2.45) is 0 Å². The van der Waals surface area contributed by atoms with Crippen molar-refractivity contribution < 1.29 is 0 Å². The van der Waals surface area contributed by atoms with Gasteiger partial charge in [0.1, 0.15) is 5.15 Å². The third kappa shape index (κ3) is 2.97. The largest absolute Gasteiger partial charge is 0.377 e. The summed E-state index contributed by atoms with van der Waals surface area (Å²) in [6.07, 6.45) is 0. The lowest BCUT2D eigenvalue weighted by Crippen LogP contribution is -2.02. The highest BCUT2D eigenvalue weighted by Crippen LogP contribution is 2.36. The number of hydrogen-bond acceptors (Lipinski definition) is 3. The molecule has 1 N–H and O–H groups in total. The summed E-state index contributed by atoms with van der Waals surface area (Å²) in [4.78, 5) is 5.12. The monoisotopic (exact) mass is 356 g/mol. The Bertz CT molecular complexity index is 791. The van der Waals surface area contributed by atoms with E-state index in [1.165, 1.54) is 4.70 Å². The molecule has 0 saturated carbocycles. The molecule has 0 aliphatic carbocycles. The third-order valence-electron chi connectivity index (χ3n) is 3.17. The Kier molecular flexibility index (Phi) is 4.27. The molecule has 3 rings (SSSR count). The van der Waals surface area contributed by atoms with E-state index in [1.54, 1.807) is 17.4 Å². The number of hydrogen-bond donors (Lipinski definition) is 1. The van der Waals surface area contributed by atoms with Crippen LogP contribution in [0.5, 0.6) is 0 Å². The molecular formula is C15H11Cl3N2S. The lowest BCUT2D eigenvalue weighted by atomic mass is 10.2. The molecule has 0 amide bonds. The van der Waals surface area contributed by atoms with Gasteiger partial charge in [0.25, 0.3) is 0 Å². The zero-order chi connectivity index (χ0) is 15.0. The quantitative estimate of drug-likeness (QED) is 0.566. The van der Waals surface area contributed by atoms with Crippen molar-refractivity contribution in [3.05, 3.63) is 56.1 Å². The van der Waals surface area contributed by atoms with Crippen molar-refractivity contribution in [1.82, 2.24) is 4.98 Å². The Hall–Kier alpha value is -1.00. The molecule has 2 nitrogen and oxygen atoms in total. The molecule has 0 unspecified atom stereocenters. The van der Waals surface area contributed by atoms with Gasteiger partial charge in [-0.15, -0.1) is 11.3 Å². The lowest BCUT2D eigenvalue weighted by Gasteiger charge is -2.10. The summed E-state index contributed by atoms with van der Waals surface area (Å²) >= 11 is 20.1. The highest BCUT2D eigenvalue weighted by Gasteiger charge is 2.12. The van der Waals surface area contributed by atoms with Crippen LogP contribution in [0.4, 0.5) is 5.69 Å². The summed E-state index contributed by atoms with van der Waals surface area (Å²) in [5, 5.41) is 5.94.